The molecular formula is C20H26N4O4S. The summed E-state index contributed by atoms with van der Waals surface area (Å²) in [6, 6.07) is 9.13. The highest BCUT2D eigenvalue weighted by atomic mass is 32.2. The van der Waals surface area contributed by atoms with Crippen LogP contribution in [0.3, 0.4) is 0 Å². The van der Waals surface area contributed by atoms with Gasteiger partial charge in [0.1, 0.15) is 0 Å². The molecule has 1 aromatic carbocycles. The number of nitrogens with zero attached hydrogens (tertiary/aromatic N) is 3. The number of carbonyl (C=O) groups excluding carboxylic acids is 1. The van der Waals surface area contributed by atoms with Crippen LogP contribution in [0.4, 0.5) is 0 Å². The first-order valence-corrected chi connectivity index (χ1v) is 11.3. The van der Waals surface area contributed by atoms with Gasteiger partial charge in [0.2, 0.25) is 10.0 Å². The summed E-state index contributed by atoms with van der Waals surface area (Å²) >= 11 is 0. The zero-order chi connectivity index (χ0) is 21.0. The molecule has 1 aliphatic rings. The Labute approximate surface area is 170 Å². The molecule has 1 aromatic heterocycles. The van der Waals surface area contributed by atoms with E-state index in [2.05, 4.69) is 10.4 Å². The summed E-state index contributed by atoms with van der Waals surface area (Å²) in [6.45, 7) is 4.86. The van der Waals surface area contributed by atoms with Crippen molar-refractivity contribution in [1.82, 2.24) is 19.4 Å². The van der Waals surface area contributed by atoms with Crippen LogP contribution < -0.4 is 10.9 Å². The molecule has 0 saturated heterocycles. The quantitative estimate of drug-likeness (QED) is 0.666. The summed E-state index contributed by atoms with van der Waals surface area (Å²) in [5.41, 5.74) is 1.08. The van der Waals surface area contributed by atoms with E-state index >= 15 is 0 Å². The summed E-state index contributed by atoms with van der Waals surface area (Å²) in [5, 5.41) is 7.10. The van der Waals surface area contributed by atoms with Gasteiger partial charge in [-0.05, 0) is 43.2 Å². The van der Waals surface area contributed by atoms with E-state index in [4.69, 9.17) is 0 Å². The Morgan fingerprint density at radius 1 is 1.14 bits per heavy atom. The second-order valence-corrected chi connectivity index (χ2v) is 8.90. The van der Waals surface area contributed by atoms with Gasteiger partial charge in [-0.1, -0.05) is 13.8 Å². The molecule has 1 amide bonds. The van der Waals surface area contributed by atoms with Crippen molar-refractivity contribution in [3.8, 4) is 0 Å². The van der Waals surface area contributed by atoms with Gasteiger partial charge in [0, 0.05) is 37.2 Å². The number of amides is 1. The number of sulfonamides is 1. The average molecular weight is 419 g/mol. The Hall–Kier alpha value is -2.52. The highest BCUT2D eigenvalue weighted by Crippen LogP contribution is 2.38. The summed E-state index contributed by atoms with van der Waals surface area (Å²) in [5.74, 6) is 0.116. The Bertz CT molecular complexity index is 1020. The maximum absolute atomic E-state index is 12.5. The summed E-state index contributed by atoms with van der Waals surface area (Å²) in [7, 11) is -3.55. The van der Waals surface area contributed by atoms with Crippen LogP contribution in [0.15, 0.2) is 46.1 Å². The molecule has 0 atom stereocenters. The molecule has 156 valence electrons. The second-order valence-electron chi connectivity index (χ2n) is 6.96. The molecule has 0 spiro atoms. The van der Waals surface area contributed by atoms with Crippen molar-refractivity contribution in [2.75, 3.05) is 19.6 Å². The van der Waals surface area contributed by atoms with Crippen molar-refractivity contribution >= 4 is 15.9 Å². The average Bonchev–Trinajstić information content (AvgIpc) is 3.55. The molecule has 1 fully saturated rings. The lowest BCUT2D eigenvalue weighted by molar-refractivity contribution is 0.0951. The lowest BCUT2D eigenvalue weighted by Crippen LogP contribution is -2.32. The van der Waals surface area contributed by atoms with E-state index in [0.29, 0.717) is 24.6 Å². The number of aromatic nitrogens is 2. The molecule has 0 bridgehead atoms. The third kappa shape index (κ3) is 4.91. The first kappa shape index (κ1) is 21.2. The van der Waals surface area contributed by atoms with Crippen LogP contribution in [0.25, 0.3) is 0 Å². The Kier molecular flexibility index (Phi) is 6.49. The molecule has 3 rings (SSSR count). The molecule has 0 radical (unpaired) electrons. The molecule has 8 nitrogen and oxygen atoms in total. The van der Waals surface area contributed by atoms with Gasteiger partial charge in [-0.3, -0.25) is 9.59 Å². The van der Waals surface area contributed by atoms with E-state index < -0.39 is 10.0 Å². The van der Waals surface area contributed by atoms with Gasteiger partial charge in [0.15, 0.2) is 0 Å². The molecule has 9 heteroatoms. The maximum atomic E-state index is 12.5. The van der Waals surface area contributed by atoms with Crippen LogP contribution in [-0.2, 0) is 16.6 Å². The number of rotatable bonds is 9. The van der Waals surface area contributed by atoms with E-state index in [0.717, 1.165) is 18.5 Å². The van der Waals surface area contributed by atoms with Crippen LogP contribution in [0.1, 0.15) is 48.7 Å². The Morgan fingerprint density at radius 3 is 2.38 bits per heavy atom. The minimum absolute atomic E-state index is 0.158. The van der Waals surface area contributed by atoms with Gasteiger partial charge in [-0.2, -0.15) is 9.40 Å². The smallest absolute Gasteiger partial charge is 0.266 e. The fourth-order valence-electron chi connectivity index (χ4n) is 3.09. The van der Waals surface area contributed by atoms with Crippen molar-refractivity contribution in [1.29, 1.82) is 0 Å². The van der Waals surface area contributed by atoms with E-state index in [1.807, 2.05) is 0 Å². The summed E-state index contributed by atoms with van der Waals surface area (Å²) in [4.78, 5) is 24.4. The summed E-state index contributed by atoms with van der Waals surface area (Å²) in [6.07, 6.45) is 2.20. The van der Waals surface area contributed by atoms with Gasteiger partial charge >= 0.3 is 0 Å². The maximum Gasteiger partial charge on any atom is 0.266 e. The zero-order valence-corrected chi connectivity index (χ0v) is 17.5. The van der Waals surface area contributed by atoms with Crippen molar-refractivity contribution in [3.05, 3.63) is 58.0 Å². The fraction of sp³-hybridized carbons (Fsp3) is 0.450. The molecule has 1 aliphatic carbocycles. The van der Waals surface area contributed by atoms with E-state index in [-0.39, 0.29) is 29.5 Å². The highest BCUT2D eigenvalue weighted by molar-refractivity contribution is 7.89. The predicted octanol–water partition coefficient (Wildman–Crippen LogP) is 1.58. The molecule has 2 aromatic rings. The Balaban J connectivity index is 1.60. The first-order valence-electron chi connectivity index (χ1n) is 9.83. The van der Waals surface area contributed by atoms with Crippen LogP contribution in [-0.4, -0.2) is 48.0 Å². The lowest BCUT2D eigenvalue weighted by atomic mass is 10.2. The second kappa shape index (κ2) is 8.87. The first-order chi connectivity index (χ1) is 13.9. The van der Waals surface area contributed by atoms with Crippen LogP contribution in [0.2, 0.25) is 0 Å². The van der Waals surface area contributed by atoms with Gasteiger partial charge in [-0.25, -0.2) is 13.1 Å². The van der Waals surface area contributed by atoms with E-state index in [9.17, 15) is 18.0 Å². The molecular weight excluding hydrogens is 392 g/mol. The normalized spacial score (nSPS) is 14.2. The standard InChI is InChI=1S/C20H26N4O4S/c1-3-23(4-2)29(27,28)17-9-7-16(8-10-17)20(26)21-13-14-24-19(25)12-11-18(22-24)15-5-6-15/h7-12,15H,3-6,13-14H2,1-2H3,(H,21,26). The Morgan fingerprint density at radius 2 is 1.79 bits per heavy atom. The number of hydrogen-bond donors (Lipinski definition) is 1. The molecule has 1 saturated carbocycles. The van der Waals surface area contributed by atoms with Gasteiger partial charge < -0.3 is 5.32 Å². The third-order valence-electron chi connectivity index (χ3n) is 4.95. The largest absolute Gasteiger partial charge is 0.350 e. The van der Waals surface area contributed by atoms with Crippen molar-refractivity contribution in [2.45, 2.75) is 44.0 Å². The lowest BCUT2D eigenvalue weighted by Gasteiger charge is -2.18. The zero-order valence-electron chi connectivity index (χ0n) is 16.7. The number of hydrogen-bond acceptors (Lipinski definition) is 5. The van der Waals surface area contributed by atoms with Crippen molar-refractivity contribution < 1.29 is 13.2 Å². The van der Waals surface area contributed by atoms with Crippen molar-refractivity contribution in [2.24, 2.45) is 0 Å². The van der Waals surface area contributed by atoms with Crippen LogP contribution in [0, 0.1) is 0 Å². The minimum Gasteiger partial charge on any atom is -0.350 e. The van der Waals surface area contributed by atoms with E-state index in [1.165, 1.54) is 39.3 Å². The molecule has 0 aliphatic heterocycles. The van der Waals surface area contributed by atoms with Gasteiger partial charge in [0.25, 0.3) is 11.5 Å². The molecule has 1 heterocycles. The molecule has 0 unspecified atom stereocenters. The van der Waals surface area contributed by atoms with Gasteiger partial charge in [-0.15, -0.1) is 0 Å². The summed E-state index contributed by atoms with van der Waals surface area (Å²) < 4.78 is 27.7. The number of carbonyl (C=O) groups is 1. The van der Waals surface area contributed by atoms with Crippen molar-refractivity contribution in [3.63, 3.8) is 0 Å². The molecule has 1 N–H and O–H groups in total. The third-order valence-corrected chi connectivity index (χ3v) is 7.02. The fourth-order valence-corrected chi connectivity index (χ4v) is 4.55. The predicted molar refractivity (Wildman–Crippen MR) is 109 cm³/mol. The highest BCUT2D eigenvalue weighted by Gasteiger charge is 2.25. The van der Waals surface area contributed by atoms with E-state index in [1.54, 1.807) is 19.9 Å². The van der Waals surface area contributed by atoms with Crippen LogP contribution >= 0.6 is 0 Å². The monoisotopic (exact) mass is 418 g/mol. The SMILES string of the molecule is CCN(CC)S(=O)(=O)c1ccc(C(=O)NCCn2nc(C3CC3)ccc2=O)cc1. The number of nitrogens with one attached hydrogen (secondary N) is 1. The van der Waals surface area contributed by atoms with Gasteiger partial charge in [0.05, 0.1) is 17.1 Å². The number of benzene rings is 1. The van der Waals surface area contributed by atoms with Crippen LogP contribution in [0.5, 0.6) is 0 Å². The topological polar surface area (TPSA) is 101 Å². The molecule has 29 heavy (non-hydrogen) atoms. The minimum atomic E-state index is -3.55.